The van der Waals surface area contributed by atoms with Crippen molar-refractivity contribution in [3.8, 4) is 11.8 Å². The molecule has 3 rings (SSSR count). The number of hydrogen-bond acceptors (Lipinski definition) is 4. The van der Waals surface area contributed by atoms with Crippen LogP contribution >= 0.6 is 0 Å². The zero-order valence-electron chi connectivity index (χ0n) is 19.1. The summed E-state index contributed by atoms with van der Waals surface area (Å²) in [5.41, 5.74) is 3.70. The Morgan fingerprint density at radius 1 is 1.06 bits per heavy atom. The minimum absolute atomic E-state index is 0.0460. The summed E-state index contributed by atoms with van der Waals surface area (Å²) >= 11 is 0. The molecular weight excluding hydrogens is 438 g/mol. The zero-order valence-corrected chi connectivity index (χ0v) is 19.1. The van der Waals surface area contributed by atoms with Crippen LogP contribution in [0.25, 0.3) is 0 Å². The highest BCUT2D eigenvalue weighted by Gasteiger charge is 2.26. The van der Waals surface area contributed by atoms with E-state index in [-0.39, 0.29) is 6.61 Å². The lowest BCUT2D eigenvalue weighted by Crippen LogP contribution is -2.22. The predicted molar refractivity (Wildman–Crippen MR) is 126 cm³/mol. The first-order valence-electron chi connectivity index (χ1n) is 11.1. The van der Waals surface area contributed by atoms with Crippen LogP contribution in [0.4, 0.5) is 14.5 Å². The van der Waals surface area contributed by atoms with E-state index in [4.69, 9.17) is 10.00 Å². The first kappa shape index (κ1) is 24.7. The highest BCUT2D eigenvalue weighted by molar-refractivity contribution is 5.81. The number of aliphatic carboxylic acids is 1. The number of aryl methyl sites for hydroxylation is 2. The lowest BCUT2D eigenvalue weighted by atomic mass is 9.95. The van der Waals surface area contributed by atoms with Gasteiger partial charge in [0.25, 0.3) is 0 Å². The van der Waals surface area contributed by atoms with Crippen LogP contribution in [0.3, 0.4) is 0 Å². The predicted octanol–water partition coefficient (Wildman–Crippen LogP) is 6.17. The normalized spacial score (nSPS) is 11.5. The molecule has 0 spiro atoms. The number of rotatable bonds is 10. The summed E-state index contributed by atoms with van der Waals surface area (Å²) in [5.74, 6) is -2.60. The van der Waals surface area contributed by atoms with Gasteiger partial charge in [-0.1, -0.05) is 32.4 Å². The lowest BCUT2D eigenvalue weighted by molar-refractivity contribution is -0.138. The van der Waals surface area contributed by atoms with E-state index in [1.807, 2.05) is 26.0 Å². The average molecular weight is 465 g/mol. The second kappa shape index (κ2) is 11.3. The molecule has 0 aliphatic heterocycles. The van der Waals surface area contributed by atoms with Gasteiger partial charge in [0.1, 0.15) is 12.4 Å². The first-order chi connectivity index (χ1) is 16.4. The maximum absolute atomic E-state index is 13.7. The van der Waals surface area contributed by atoms with Gasteiger partial charge in [0.2, 0.25) is 0 Å². The molecule has 0 fully saturated rings. The standard InChI is InChI=1S/C27H26F2N2O3/c1-3-5-20-12-17(4-2)13-22(26(20)34-16-19-8-11-23(28)24(29)14-19)25(27(32)33)31-21-9-6-18(15-30)7-10-21/h6-14,25,31H,3-5,16H2,1-2H3,(H,32,33). The highest BCUT2D eigenvalue weighted by atomic mass is 19.2. The molecule has 3 aromatic rings. The monoisotopic (exact) mass is 464 g/mol. The van der Waals surface area contributed by atoms with Crippen molar-refractivity contribution in [1.29, 1.82) is 5.26 Å². The SMILES string of the molecule is CCCc1cc(CC)cc(C(Nc2ccc(C#N)cc2)C(=O)O)c1OCc1ccc(F)c(F)c1. The van der Waals surface area contributed by atoms with Crippen molar-refractivity contribution in [2.24, 2.45) is 0 Å². The van der Waals surface area contributed by atoms with Gasteiger partial charge >= 0.3 is 5.97 Å². The second-order valence-corrected chi connectivity index (χ2v) is 7.92. The second-order valence-electron chi connectivity index (χ2n) is 7.92. The third kappa shape index (κ3) is 5.90. The smallest absolute Gasteiger partial charge is 0.330 e. The number of nitrogens with zero attached hydrogens (tertiary/aromatic N) is 1. The molecule has 0 radical (unpaired) electrons. The number of carboxylic acid groups (broad SMARTS) is 1. The summed E-state index contributed by atoms with van der Waals surface area (Å²) in [6.07, 6.45) is 2.18. The maximum atomic E-state index is 13.7. The van der Waals surface area contributed by atoms with E-state index in [9.17, 15) is 18.7 Å². The maximum Gasteiger partial charge on any atom is 0.330 e. The number of halogens is 2. The number of ether oxygens (including phenoxy) is 1. The van der Waals surface area contributed by atoms with Gasteiger partial charge in [0.05, 0.1) is 11.6 Å². The van der Waals surface area contributed by atoms with Crippen molar-refractivity contribution >= 4 is 11.7 Å². The van der Waals surface area contributed by atoms with E-state index in [2.05, 4.69) is 5.32 Å². The molecule has 0 aliphatic carbocycles. The lowest BCUT2D eigenvalue weighted by Gasteiger charge is -2.23. The third-order valence-corrected chi connectivity index (χ3v) is 5.43. The zero-order chi connectivity index (χ0) is 24.7. The van der Waals surface area contributed by atoms with Gasteiger partial charge in [-0.15, -0.1) is 0 Å². The molecule has 176 valence electrons. The molecule has 1 unspecified atom stereocenters. The summed E-state index contributed by atoms with van der Waals surface area (Å²) in [6, 6.07) is 14.7. The fourth-order valence-corrected chi connectivity index (χ4v) is 3.70. The van der Waals surface area contributed by atoms with Gasteiger partial charge in [-0.3, -0.25) is 0 Å². The van der Waals surface area contributed by atoms with Crippen molar-refractivity contribution in [3.63, 3.8) is 0 Å². The van der Waals surface area contributed by atoms with E-state index >= 15 is 0 Å². The van der Waals surface area contributed by atoms with Crippen LogP contribution in [0.15, 0.2) is 54.6 Å². The molecule has 0 bridgehead atoms. The van der Waals surface area contributed by atoms with Gasteiger partial charge in [0, 0.05) is 11.3 Å². The molecule has 0 aliphatic rings. The van der Waals surface area contributed by atoms with E-state index in [1.54, 1.807) is 30.3 Å². The molecule has 0 amide bonds. The summed E-state index contributed by atoms with van der Waals surface area (Å²) < 4.78 is 33.1. The Morgan fingerprint density at radius 3 is 2.38 bits per heavy atom. The molecule has 1 atom stereocenters. The molecule has 0 heterocycles. The van der Waals surface area contributed by atoms with Gasteiger partial charge < -0.3 is 15.2 Å². The molecule has 2 N–H and O–H groups in total. The molecular formula is C27H26F2N2O3. The molecule has 0 saturated carbocycles. The average Bonchev–Trinajstić information content (AvgIpc) is 2.83. The fraction of sp³-hybridized carbons (Fsp3) is 0.259. The largest absolute Gasteiger partial charge is 0.488 e. The van der Waals surface area contributed by atoms with E-state index < -0.39 is 23.6 Å². The van der Waals surface area contributed by atoms with Crippen LogP contribution in [-0.4, -0.2) is 11.1 Å². The van der Waals surface area contributed by atoms with E-state index in [0.29, 0.717) is 41.0 Å². The molecule has 3 aromatic carbocycles. The Bertz CT molecular complexity index is 1200. The number of anilines is 1. The first-order valence-corrected chi connectivity index (χ1v) is 11.1. The van der Waals surface area contributed by atoms with Crippen molar-refractivity contribution < 1.29 is 23.4 Å². The van der Waals surface area contributed by atoms with Crippen LogP contribution in [0.2, 0.25) is 0 Å². The molecule has 7 heteroatoms. The van der Waals surface area contributed by atoms with Gasteiger partial charge in [0.15, 0.2) is 17.7 Å². The Kier molecular flexibility index (Phi) is 8.20. The number of nitrogens with one attached hydrogen (secondary N) is 1. The number of carbonyl (C=O) groups is 1. The number of carboxylic acids is 1. The molecule has 34 heavy (non-hydrogen) atoms. The van der Waals surface area contributed by atoms with Crippen LogP contribution in [0, 0.1) is 23.0 Å². The van der Waals surface area contributed by atoms with Crippen LogP contribution in [0.1, 0.15) is 54.1 Å². The van der Waals surface area contributed by atoms with Crippen LogP contribution in [-0.2, 0) is 24.2 Å². The van der Waals surface area contributed by atoms with Crippen molar-refractivity contribution in [2.45, 2.75) is 45.8 Å². The van der Waals surface area contributed by atoms with Crippen LogP contribution < -0.4 is 10.1 Å². The summed E-state index contributed by atoms with van der Waals surface area (Å²) in [7, 11) is 0. The minimum Gasteiger partial charge on any atom is -0.488 e. The fourth-order valence-electron chi connectivity index (χ4n) is 3.70. The van der Waals surface area contributed by atoms with E-state index in [0.717, 1.165) is 29.7 Å². The van der Waals surface area contributed by atoms with Crippen molar-refractivity contribution in [1.82, 2.24) is 0 Å². The Hall–Kier alpha value is -3.92. The summed E-state index contributed by atoms with van der Waals surface area (Å²) in [6.45, 7) is 3.96. The summed E-state index contributed by atoms with van der Waals surface area (Å²) in [5, 5.41) is 22.1. The quantitative estimate of drug-likeness (QED) is 0.375. The minimum atomic E-state index is -1.13. The topological polar surface area (TPSA) is 82.4 Å². The summed E-state index contributed by atoms with van der Waals surface area (Å²) in [4.78, 5) is 12.3. The van der Waals surface area contributed by atoms with Gasteiger partial charge in [-0.05, 0) is 72.0 Å². The van der Waals surface area contributed by atoms with Gasteiger partial charge in [-0.25, -0.2) is 13.6 Å². The van der Waals surface area contributed by atoms with E-state index in [1.165, 1.54) is 6.07 Å². The molecule has 5 nitrogen and oxygen atoms in total. The number of benzene rings is 3. The molecule has 0 saturated heterocycles. The Labute approximate surface area is 197 Å². The van der Waals surface area contributed by atoms with Crippen molar-refractivity contribution in [3.05, 3.63) is 94.0 Å². The Morgan fingerprint density at radius 2 is 1.79 bits per heavy atom. The highest BCUT2D eigenvalue weighted by Crippen LogP contribution is 2.35. The van der Waals surface area contributed by atoms with Crippen molar-refractivity contribution in [2.75, 3.05) is 5.32 Å². The Balaban J connectivity index is 2.03. The molecule has 0 aromatic heterocycles. The van der Waals surface area contributed by atoms with Gasteiger partial charge in [-0.2, -0.15) is 5.26 Å². The number of hydrogen-bond donors (Lipinski definition) is 2. The number of nitriles is 1. The van der Waals surface area contributed by atoms with Crippen LogP contribution in [0.5, 0.6) is 5.75 Å². The third-order valence-electron chi connectivity index (χ3n) is 5.43.